The molecule has 0 aromatic carbocycles. The highest BCUT2D eigenvalue weighted by atomic mass is 16.6. The molecule has 3 rings (SSSR count). The Bertz CT molecular complexity index is 865. The number of hydrogen-bond donors (Lipinski definition) is 0. The largest absolute Gasteiger partial charge is 0.468 e. The van der Waals surface area contributed by atoms with Crippen molar-refractivity contribution in [3.05, 3.63) is 0 Å². The molecule has 3 aliphatic rings. The van der Waals surface area contributed by atoms with Gasteiger partial charge in [-0.1, -0.05) is 73.6 Å². The van der Waals surface area contributed by atoms with Gasteiger partial charge < -0.3 is 9.47 Å². The van der Waals surface area contributed by atoms with Crippen molar-refractivity contribution in [2.75, 3.05) is 7.11 Å². The van der Waals surface area contributed by atoms with Crippen LogP contribution < -0.4 is 0 Å². The number of hydrogen-bond acceptors (Lipinski definition) is 5. The van der Waals surface area contributed by atoms with Crippen molar-refractivity contribution >= 4 is 17.7 Å². The van der Waals surface area contributed by atoms with E-state index in [4.69, 9.17) is 9.47 Å². The van der Waals surface area contributed by atoms with E-state index in [9.17, 15) is 14.4 Å². The van der Waals surface area contributed by atoms with Crippen molar-refractivity contribution in [2.45, 2.75) is 132 Å². The van der Waals surface area contributed by atoms with Crippen LogP contribution in [0.4, 0.5) is 0 Å². The zero-order valence-electron chi connectivity index (χ0n) is 25.9. The van der Waals surface area contributed by atoms with Crippen LogP contribution in [0.1, 0.15) is 126 Å². The monoisotopic (exact) mass is 532 g/mol. The summed E-state index contributed by atoms with van der Waals surface area (Å²) in [4.78, 5) is 38.9. The number of fused-ring (bicyclic) bond motifs is 3. The van der Waals surface area contributed by atoms with Gasteiger partial charge in [-0.15, -0.1) is 0 Å². The van der Waals surface area contributed by atoms with E-state index < -0.39 is 11.5 Å². The fourth-order valence-corrected chi connectivity index (χ4v) is 9.61. The molecule has 0 bridgehead atoms. The van der Waals surface area contributed by atoms with E-state index >= 15 is 0 Å². The van der Waals surface area contributed by atoms with Crippen LogP contribution in [-0.4, -0.2) is 30.9 Å². The minimum atomic E-state index is -0.896. The van der Waals surface area contributed by atoms with Gasteiger partial charge in [0.15, 0.2) is 0 Å². The summed E-state index contributed by atoms with van der Waals surface area (Å²) in [5.74, 6) is 2.05. The van der Waals surface area contributed by atoms with Gasteiger partial charge in [0.2, 0.25) is 0 Å². The molecule has 0 N–H and O–H groups in total. The Morgan fingerprint density at radius 1 is 0.895 bits per heavy atom. The Balaban J connectivity index is 1.75. The Morgan fingerprint density at radius 3 is 2.08 bits per heavy atom. The lowest BCUT2D eigenvalue weighted by Gasteiger charge is -2.62. The predicted molar refractivity (Wildman–Crippen MR) is 151 cm³/mol. The SMILES string of the molecule is COC(=O)C1(C)C(OC(C)=O)CCC2(C)C3CC(=O)C(C(C)CCCC(C)CCCC(C)C)C3(C)CCC21. The maximum atomic E-state index is 13.7. The van der Waals surface area contributed by atoms with Gasteiger partial charge in [0, 0.05) is 19.3 Å². The number of carbonyl (C=O) groups excluding carboxylic acids is 3. The summed E-state index contributed by atoms with van der Waals surface area (Å²) in [6, 6.07) is 0. The van der Waals surface area contributed by atoms with Crippen molar-refractivity contribution in [1.29, 1.82) is 0 Å². The smallest absolute Gasteiger partial charge is 0.315 e. The minimum absolute atomic E-state index is 0.0205. The normalized spacial score (nSPS) is 38.3. The van der Waals surface area contributed by atoms with Gasteiger partial charge >= 0.3 is 11.9 Å². The number of rotatable bonds is 11. The molecular formula is C33H56O5. The lowest BCUT2D eigenvalue weighted by Crippen LogP contribution is -2.62. The molecule has 3 saturated carbocycles. The molecule has 0 radical (unpaired) electrons. The quantitative estimate of drug-likeness (QED) is 0.254. The summed E-state index contributed by atoms with van der Waals surface area (Å²) in [5.41, 5.74) is -1.11. The van der Waals surface area contributed by atoms with Gasteiger partial charge in [0.25, 0.3) is 0 Å². The molecule has 0 amide bonds. The third-order valence-electron chi connectivity index (χ3n) is 11.5. The van der Waals surface area contributed by atoms with Crippen molar-refractivity contribution in [3.8, 4) is 0 Å². The molecule has 3 aliphatic carbocycles. The van der Waals surface area contributed by atoms with Gasteiger partial charge in [0.05, 0.1) is 7.11 Å². The molecule has 5 heteroatoms. The van der Waals surface area contributed by atoms with E-state index in [-0.39, 0.29) is 40.5 Å². The molecule has 9 unspecified atom stereocenters. The van der Waals surface area contributed by atoms with Crippen LogP contribution in [0.3, 0.4) is 0 Å². The molecule has 9 atom stereocenters. The fourth-order valence-electron chi connectivity index (χ4n) is 9.61. The standard InChI is InChI=1S/C33H56O5/c1-21(2)12-10-13-22(3)14-11-15-23(4)29-25(35)20-27-31(6)19-17-28(38-24(5)34)33(8,30(36)37-9)26(31)16-18-32(27,29)7/h21-23,26-29H,10-20H2,1-9H3. The van der Waals surface area contributed by atoms with Gasteiger partial charge in [-0.2, -0.15) is 0 Å². The maximum absolute atomic E-state index is 13.7. The average Bonchev–Trinajstić information content (AvgIpc) is 3.11. The Hall–Kier alpha value is -1.39. The highest BCUT2D eigenvalue weighted by molar-refractivity contribution is 5.85. The van der Waals surface area contributed by atoms with Gasteiger partial charge in [-0.05, 0) is 79.4 Å². The molecular weight excluding hydrogens is 476 g/mol. The first-order valence-electron chi connectivity index (χ1n) is 15.5. The van der Waals surface area contributed by atoms with Crippen molar-refractivity contribution in [2.24, 2.45) is 51.8 Å². The van der Waals surface area contributed by atoms with Gasteiger partial charge in [0.1, 0.15) is 17.3 Å². The second-order valence-electron chi connectivity index (χ2n) is 14.6. The van der Waals surface area contributed by atoms with E-state index in [1.807, 2.05) is 6.92 Å². The Labute approximate surface area is 232 Å². The van der Waals surface area contributed by atoms with Crippen LogP contribution in [0.25, 0.3) is 0 Å². The molecule has 0 saturated heterocycles. The second kappa shape index (κ2) is 12.0. The molecule has 3 fully saturated rings. The topological polar surface area (TPSA) is 69.7 Å². The molecule has 218 valence electrons. The summed E-state index contributed by atoms with van der Waals surface area (Å²) < 4.78 is 11.1. The van der Waals surface area contributed by atoms with Gasteiger partial charge in [-0.3, -0.25) is 14.4 Å². The van der Waals surface area contributed by atoms with Crippen LogP contribution in [0, 0.1) is 51.8 Å². The third kappa shape index (κ3) is 5.73. The lowest BCUT2D eigenvalue weighted by atomic mass is 9.42. The third-order valence-corrected chi connectivity index (χ3v) is 11.5. The van der Waals surface area contributed by atoms with Crippen molar-refractivity contribution in [1.82, 2.24) is 0 Å². The zero-order valence-corrected chi connectivity index (χ0v) is 25.9. The average molecular weight is 533 g/mol. The van der Waals surface area contributed by atoms with Crippen LogP contribution in [0.2, 0.25) is 0 Å². The minimum Gasteiger partial charge on any atom is -0.468 e. The van der Waals surface area contributed by atoms with E-state index in [2.05, 4.69) is 41.5 Å². The van der Waals surface area contributed by atoms with Crippen LogP contribution in [-0.2, 0) is 23.9 Å². The number of esters is 2. The van der Waals surface area contributed by atoms with Gasteiger partial charge in [-0.25, -0.2) is 0 Å². The number of Topliss-reactive ketones (excluding diaryl/α,β-unsaturated/α-hetero) is 1. The summed E-state index contributed by atoms with van der Waals surface area (Å²) in [6.45, 7) is 17.3. The summed E-state index contributed by atoms with van der Waals surface area (Å²) >= 11 is 0. The highest BCUT2D eigenvalue weighted by Crippen LogP contribution is 2.70. The summed E-state index contributed by atoms with van der Waals surface area (Å²) in [5, 5.41) is 0. The Morgan fingerprint density at radius 2 is 1.50 bits per heavy atom. The van der Waals surface area contributed by atoms with Crippen LogP contribution in [0.15, 0.2) is 0 Å². The molecule has 0 spiro atoms. The number of ether oxygens (including phenoxy) is 2. The number of carbonyl (C=O) groups is 3. The van der Waals surface area contributed by atoms with Crippen molar-refractivity contribution in [3.63, 3.8) is 0 Å². The maximum Gasteiger partial charge on any atom is 0.315 e. The van der Waals surface area contributed by atoms with Crippen molar-refractivity contribution < 1.29 is 23.9 Å². The molecule has 38 heavy (non-hydrogen) atoms. The van der Waals surface area contributed by atoms with Crippen LogP contribution >= 0.6 is 0 Å². The lowest BCUT2D eigenvalue weighted by molar-refractivity contribution is -0.210. The molecule has 0 aliphatic heterocycles. The molecule has 0 heterocycles. The fraction of sp³-hybridized carbons (Fsp3) is 0.909. The number of methoxy groups -OCH3 is 1. The summed E-state index contributed by atoms with van der Waals surface area (Å²) in [7, 11) is 1.43. The first-order chi connectivity index (χ1) is 17.7. The summed E-state index contributed by atoms with van der Waals surface area (Å²) in [6.07, 6.45) is 10.9. The number of ketones is 1. The molecule has 0 aromatic rings. The van der Waals surface area contributed by atoms with E-state index in [1.165, 1.54) is 46.1 Å². The van der Waals surface area contributed by atoms with E-state index in [0.29, 0.717) is 24.5 Å². The first-order valence-corrected chi connectivity index (χ1v) is 15.5. The predicted octanol–water partition coefficient (Wildman–Crippen LogP) is 7.79. The zero-order chi connectivity index (χ0) is 28.5. The van der Waals surface area contributed by atoms with E-state index in [1.54, 1.807) is 0 Å². The molecule has 0 aromatic heterocycles. The highest BCUT2D eigenvalue weighted by Gasteiger charge is 2.69. The van der Waals surface area contributed by atoms with Crippen LogP contribution in [0.5, 0.6) is 0 Å². The Kier molecular flexibility index (Phi) is 9.84. The first kappa shape index (κ1) is 31.1. The van der Waals surface area contributed by atoms with E-state index in [0.717, 1.165) is 37.5 Å². The second-order valence-corrected chi connectivity index (χ2v) is 14.6. The molecule has 5 nitrogen and oxygen atoms in total.